The number of amides is 2. The zero-order valence-corrected chi connectivity index (χ0v) is 20.2. The van der Waals surface area contributed by atoms with Gasteiger partial charge in [-0.25, -0.2) is 9.59 Å². The maximum absolute atomic E-state index is 12.7. The molecule has 1 aliphatic heterocycles. The van der Waals surface area contributed by atoms with Crippen LogP contribution in [0.4, 0.5) is 4.79 Å². The maximum atomic E-state index is 12.7. The van der Waals surface area contributed by atoms with E-state index in [-0.39, 0.29) is 45.2 Å². The van der Waals surface area contributed by atoms with Gasteiger partial charge in [0.1, 0.15) is 13.2 Å². The number of carboxylic acids is 1. The number of aliphatic carboxylic acids is 1. The van der Waals surface area contributed by atoms with E-state index in [2.05, 4.69) is 17.2 Å². The van der Waals surface area contributed by atoms with Gasteiger partial charge in [-0.2, -0.15) is 0 Å². The highest BCUT2D eigenvalue weighted by atomic mass is 16.6. The number of esters is 1. The molecule has 0 aromatic rings. The number of nitrogens with one attached hydrogen (secondary N) is 1. The standard InChI is InChI=1S/C24H35N3O8/c1-33-16-23(31)34-14-17-12-27(11-10-26(17)13-22(29)30)21(28)8-9-25-24(32)35-15-20-18-6-4-2-3-5-7-19(18)20/h17-20H,4-16H2,1H3,(H,25,32)(H,29,30)/t17?,18-,19+,20?. The molecule has 2 N–H and O–H groups in total. The van der Waals surface area contributed by atoms with Crippen molar-refractivity contribution in [2.24, 2.45) is 17.8 Å². The number of nitrogens with zero attached hydrogens (tertiary/aromatic N) is 2. The lowest BCUT2D eigenvalue weighted by molar-refractivity contribution is -0.152. The Bertz CT molecular complexity index is 820. The van der Waals surface area contributed by atoms with Crippen LogP contribution in [0.25, 0.3) is 0 Å². The van der Waals surface area contributed by atoms with E-state index in [1.165, 1.54) is 7.11 Å². The van der Waals surface area contributed by atoms with Crippen molar-refractivity contribution in [3.63, 3.8) is 0 Å². The van der Waals surface area contributed by atoms with Gasteiger partial charge in [-0.05, 0) is 30.6 Å². The molecule has 194 valence electrons. The summed E-state index contributed by atoms with van der Waals surface area (Å²) in [7, 11) is 1.37. The number of ether oxygens (including phenoxy) is 3. The van der Waals surface area contributed by atoms with Gasteiger partial charge in [-0.1, -0.05) is 0 Å². The summed E-state index contributed by atoms with van der Waals surface area (Å²) >= 11 is 0. The van der Waals surface area contributed by atoms with Crippen molar-refractivity contribution in [2.45, 2.75) is 38.1 Å². The number of hydrogen-bond donors (Lipinski definition) is 2. The third-order valence-electron chi connectivity index (χ3n) is 6.85. The molecule has 2 fully saturated rings. The average Bonchev–Trinajstić information content (AvgIpc) is 3.45. The Morgan fingerprint density at radius 2 is 1.74 bits per heavy atom. The monoisotopic (exact) mass is 493 g/mol. The molecular weight excluding hydrogens is 458 g/mol. The maximum Gasteiger partial charge on any atom is 0.407 e. The topological polar surface area (TPSA) is 135 Å². The van der Waals surface area contributed by atoms with E-state index in [4.69, 9.17) is 19.3 Å². The highest BCUT2D eigenvalue weighted by Gasteiger charge is 2.49. The van der Waals surface area contributed by atoms with E-state index in [9.17, 15) is 19.2 Å². The first-order valence-electron chi connectivity index (χ1n) is 12.1. The second kappa shape index (κ2) is 13.3. The van der Waals surface area contributed by atoms with Crippen LogP contribution in [0, 0.1) is 29.6 Å². The molecule has 4 atom stereocenters. The Morgan fingerprint density at radius 3 is 2.40 bits per heavy atom. The molecule has 2 aliphatic carbocycles. The first-order valence-corrected chi connectivity index (χ1v) is 12.1. The lowest BCUT2D eigenvalue weighted by Crippen LogP contribution is -2.57. The summed E-state index contributed by atoms with van der Waals surface area (Å²) < 4.78 is 15.3. The molecule has 0 aromatic heterocycles. The van der Waals surface area contributed by atoms with Crippen LogP contribution in [-0.2, 0) is 28.6 Å². The Hall–Kier alpha value is -2.84. The summed E-state index contributed by atoms with van der Waals surface area (Å²) in [6, 6.07) is -0.441. The Kier molecular flexibility index (Phi) is 10.2. The van der Waals surface area contributed by atoms with Gasteiger partial charge in [0.05, 0.1) is 19.2 Å². The quantitative estimate of drug-likeness (QED) is 0.308. The normalized spacial score (nSPS) is 25.7. The van der Waals surface area contributed by atoms with Gasteiger partial charge < -0.3 is 29.5 Å². The van der Waals surface area contributed by atoms with Crippen LogP contribution in [0.1, 0.15) is 32.1 Å². The fourth-order valence-electron chi connectivity index (χ4n) is 4.94. The largest absolute Gasteiger partial charge is 0.480 e. The Labute approximate surface area is 205 Å². The molecule has 0 spiro atoms. The minimum absolute atomic E-state index is 0.0426. The molecule has 2 unspecified atom stereocenters. The number of carboxylic acid groups (broad SMARTS) is 1. The van der Waals surface area contributed by atoms with Gasteiger partial charge in [-0.3, -0.25) is 14.5 Å². The molecule has 2 amide bonds. The van der Waals surface area contributed by atoms with Gasteiger partial charge in [0.15, 0.2) is 0 Å². The van der Waals surface area contributed by atoms with Gasteiger partial charge in [-0.15, -0.1) is 11.8 Å². The van der Waals surface area contributed by atoms with E-state index < -0.39 is 24.1 Å². The molecule has 11 nitrogen and oxygen atoms in total. The Morgan fingerprint density at radius 1 is 1.03 bits per heavy atom. The van der Waals surface area contributed by atoms with Crippen molar-refractivity contribution >= 4 is 23.9 Å². The van der Waals surface area contributed by atoms with E-state index in [0.29, 0.717) is 37.5 Å². The summed E-state index contributed by atoms with van der Waals surface area (Å²) in [6.07, 6.45) is 3.51. The molecule has 11 heteroatoms. The van der Waals surface area contributed by atoms with E-state index in [0.717, 1.165) is 25.7 Å². The molecule has 0 aromatic carbocycles. The fourth-order valence-corrected chi connectivity index (χ4v) is 4.94. The molecule has 3 rings (SSSR count). The van der Waals surface area contributed by atoms with Gasteiger partial charge in [0, 0.05) is 52.6 Å². The molecule has 35 heavy (non-hydrogen) atoms. The number of methoxy groups -OCH3 is 1. The second-order valence-electron chi connectivity index (χ2n) is 9.17. The third-order valence-corrected chi connectivity index (χ3v) is 6.85. The molecule has 0 radical (unpaired) electrons. The number of piperazine rings is 1. The van der Waals surface area contributed by atoms with Gasteiger partial charge in [0.25, 0.3) is 0 Å². The zero-order chi connectivity index (χ0) is 25.2. The number of fused-ring (bicyclic) bond motifs is 1. The predicted molar refractivity (Wildman–Crippen MR) is 123 cm³/mol. The number of carbonyl (C=O) groups excluding carboxylic acids is 3. The second-order valence-corrected chi connectivity index (χ2v) is 9.17. The predicted octanol–water partition coefficient (Wildman–Crippen LogP) is 0.329. The van der Waals surface area contributed by atoms with Crippen molar-refractivity contribution < 1.29 is 38.5 Å². The third kappa shape index (κ3) is 8.40. The summed E-state index contributed by atoms with van der Waals surface area (Å²) in [6.45, 7) is 1.01. The smallest absolute Gasteiger partial charge is 0.407 e. The van der Waals surface area contributed by atoms with Crippen molar-refractivity contribution in [1.29, 1.82) is 0 Å². The lowest BCUT2D eigenvalue weighted by Gasteiger charge is -2.40. The summed E-state index contributed by atoms with van der Waals surface area (Å²) in [5, 5.41) is 11.8. The average molecular weight is 494 g/mol. The highest BCUT2D eigenvalue weighted by molar-refractivity contribution is 5.77. The minimum atomic E-state index is -0.995. The molecule has 3 aliphatic rings. The number of carbonyl (C=O) groups is 4. The highest BCUT2D eigenvalue weighted by Crippen LogP contribution is 2.52. The molecular formula is C24H35N3O8. The van der Waals surface area contributed by atoms with Crippen LogP contribution in [0.2, 0.25) is 0 Å². The van der Waals surface area contributed by atoms with Gasteiger partial charge in [0.2, 0.25) is 5.91 Å². The first-order chi connectivity index (χ1) is 16.9. The van der Waals surface area contributed by atoms with Crippen molar-refractivity contribution in [1.82, 2.24) is 15.1 Å². The van der Waals surface area contributed by atoms with Crippen LogP contribution in [-0.4, -0.2) is 105 Å². The summed E-state index contributed by atoms with van der Waals surface area (Å²) in [5.41, 5.74) is 0. The van der Waals surface area contributed by atoms with Crippen molar-refractivity contribution in [3.8, 4) is 11.8 Å². The number of alkyl carbamates (subject to hydrolysis) is 1. The Balaban J connectivity index is 1.36. The minimum Gasteiger partial charge on any atom is -0.480 e. The molecule has 1 saturated carbocycles. The van der Waals surface area contributed by atoms with Crippen molar-refractivity contribution in [3.05, 3.63) is 0 Å². The van der Waals surface area contributed by atoms with Crippen LogP contribution in [0.15, 0.2) is 0 Å². The SMILES string of the molecule is COCC(=O)OCC1CN(C(=O)CCNC(=O)OCC2[C@H]3CCC#CCC[C@@H]23)CCN1CC(=O)O. The van der Waals surface area contributed by atoms with E-state index in [1.807, 2.05) is 0 Å². The van der Waals surface area contributed by atoms with Crippen LogP contribution in [0.5, 0.6) is 0 Å². The van der Waals surface area contributed by atoms with E-state index in [1.54, 1.807) is 9.80 Å². The fraction of sp³-hybridized carbons (Fsp3) is 0.750. The van der Waals surface area contributed by atoms with E-state index >= 15 is 0 Å². The first kappa shape index (κ1) is 26.8. The summed E-state index contributed by atoms with van der Waals surface area (Å²) in [4.78, 5) is 50.8. The van der Waals surface area contributed by atoms with Gasteiger partial charge >= 0.3 is 18.0 Å². The summed E-state index contributed by atoms with van der Waals surface area (Å²) in [5.74, 6) is 6.20. The van der Waals surface area contributed by atoms with Crippen LogP contribution < -0.4 is 5.32 Å². The zero-order valence-electron chi connectivity index (χ0n) is 20.2. The molecule has 0 bridgehead atoms. The van der Waals surface area contributed by atoms with Crippen LogP contribution in [0.3, 0.4) is 0 Å². The van der Waals surface area contributed by atoms with Crippen LogP contribution >= 0.6 is 0 Å². The van der Waals surface area contributed by atoms with Crippen molar-refractivity contribution in [2.75, 3.05) is 59.7 Å². The molecule has 1 heterocycles. The number of rotatable bonds is 11. The molecule has 1 saturated heterocycles. The number of hydrogen-bond acceptors (Lipinski definition) is 8. The lowest BCUT2D eigenvalue weighted by atomic mass is 10.1.